The van der Waals surface area contributed by atoms with Crippen LogP contribution < -0.4 is 4.74 Å². The predicted octanol–water partition coefficient (Wildman–Crippen LogP) is 5.19. The first-order valence-corrected chi connectivity index (χ1v) is 7.96. The van der Waals surface area contributed by atoms with Gasteiger partial charge in [0, 0.05) is 6.42 Å². The molecular formula is C22H18O3. The summed E-state index contributed by atoms with van der Waals surface area (Å²) in [4.78, 5) is 11.2. The van der Waals surface area contributed by atoms with Crippen LogP contribution in [0.15, 0.2) is 91.2 Å². The predicted molar refractivity (Wildman–Crippen MR) is 98.8 cm³/mol. The number of hydrogen-bond donors (Lipinski definition) is 1. The molecular weight excluding hydrogens is 312 g/mol. The van der Waals surface area contributed by atoms with Crippen molar-refractivity contribution in [3.63, 3.8) is 0 Å². The van der Waals surface area contributed by atoms with Crippen LogP contribution in [0.4, 0.5) is 0 Å². The van der Waals surface area contributed by atoms with E-state index in [1.54, 1.807) is 18.2 Å². The number of rotatable bonds is 6. The molecule has 3 aromatic carbocycles. The maximum Gasteiger partial charge on any atom is 0.339 e. The van der Waals surface area contributed by atoms with Gasteiger partial charge < -0.3 is 9.84 Å². The molecule has 3 aromatic rings. The summed E-state index contributed by atoms with van der Waals surface area (Å²) in [6.07, 6.45) is 0.517. The van der Waals surface area contributed by atoms with Gasteiger partial charge in [-0.2, -0.15) is 0 Å². The van der Waals surface area contributed by atoms with E-state index >= 15 is 0 Å². The maximum atomic E-state index is 11.2. The van der Waals surface area contributed by atoms with E-state index in [1.807, 2.05) is 30.3 Å². The zero-order chi connectivity index (χ0) is 17.6. The summed E-state index contributed by atoms with van der Waals surface area (Å²) >= 11 is 0. The van der Waals surface area contributed by atoms with E-state index in [-0.39, 0.29) is 5.56 Å². The van der Waals surface area contributed by atoms with Gasteiger partial charge in [-0.1, -0.05) is 73.3 Å². The van der Waals surface area contributed by atoms with Crippen molar-refractivity contribution in [1.29, 1.82) is 0 Å². The van der Waals surface area contributed by atoms with Crippen molar-refractivity contribution in [3.05, 3.63) is 102 Å². The lowest BCUT2D eigenvalue weighted by atomic mass is 10.0. The molecule has 0 saturated carbocycles. The lowest BCUT2D eigenvalue weighted by Crippen LogP contribution is -2.04. The molecule has 0 aliphatic rings. The molecule has 1 N–H and O–H groups in total. The SMILES string of the molecule is C=C(Cc1ccc(-c2ccccc2)cc1)Oc1ccccc1C(=O)O. The van der Waals surface area contributed by atoms with Crippen molar-refractivity contribution in [2.24, 2.45) is 0 Å². The largest absolute Gasteiger partial charge is 0.478 e. The lowest BCUT2D eigenvalue weighted by Gasteiger charge is -2.11. The van der Waals surface area contributed by atoms with E-state index in [1.165, 1.54) is 11.6 Å². The molecule has 0 atom stereocenters. The topological polar surface area (TPSA) is 46.5 Å². The Bertz CT molecular complexity index is 881. The minimum atomic E-state index is -1.02. The van der Waals surface area contributed by atoms with Gasteiger partial charge in [-0.25, -0.2) is 4.79 Å². The van der Waals surface area contributed by atoms with Gasteiger partial charge in [-0.05, 0) is 28.8 Å². The summed E-state index contributed by atoms with van der Waals surface area (Å²) in [6.45, 7) is 3.91. The lowest BCUT2D eigenvalue weighted by molar-refractivity contribution is 0.0693. The van der Waals surface area contributed by atoms with Crippen molar-refractivity contribution in [3.8, 4) is 16.9 Å². The highest BCUT2D eigenvalue weighted by Crippen LogP contribution is 2.23. The molecule has 0 fully saturated rings. The first-order chi connectivity index (χ1) is 12.1. The highest BCUT2D eigenvalue weighted by atomic mass is 16.5. The molecule has 0 heterocycles. The smallest absolute Gasteiger partial charge is 0.339 e. The Morgan fingerprint density at radius 1 is 0.840 bits per heavy atom. The van der Waals surface area contributed by atoms with Gasteiger partial charge in [-0.3, -0.25) is 0 Å². The number of benzene rings is 3. The van der Waals surface area contributed by atoms with E-state index < -0.39 is 5.97 Å². The third-order valence-electron chi connectivity index (χ3n) is 3.83. The fourth-order valence-corrected chi connectivity index (χ4v) is 2.60. The van der Waals surface area contributed by atoms with E-state index in [2.05, 4.69) is 30.8 Å². The molecule has 0 aliphatic heterocycles. The molecule has 0 unspecified atom stereocenters. The molecule has 25 heavy (non-hydrogen) atoms. The average molecular weight is 330 g/mol. The third-order valence-corrected chi connectivity index (χ3v) is 3.83. The second kappa shape index (κ2) is 7.49. The van der Waals surface area contributed by atoms with E-state index in [4.69, 9.17) is 4.74 Å². The first-order valence-electron chi connectivity index (χ1n) is 7.96. The van der Waals surface area contributed by atoms with Crippen LogP contribution >= 0.6 is 0 Å². The Hall–Kier alpha value is -3.33. The molecule has 0 radical (unpaired) electrons. The zero-order valence-corrected chi connectivity index (χ0v) is 13.7. The zero-order valence-electron chi connectivity index (χ0n) is 13.7. The second-order valence-electron chi connectivity index (χ2n) is 5.68. The number of aromatic carboxylic acids is 1. The van der Waals surface area contributed by atoms with Gasteiger partial charge in [0.2, 0.25) is 0 Å². The summed E-state index contributed by atoms with van der Waals surface area (Å²) in [6, 6.07) is 24.9. The number of para-hydroxylation sites is 1. The molecule has 3 nitrogen and oxygen atoms in total. The van der Waals surface area contributed by atoms with Crippen LogP contribution in [0.5, 0.6) is 5.75 Å². The molecule has 0 spiro atoms. The number of hydrogen-bond acceptors (Lipinski definition) is 2. The normalized spacial score (nSPS) is 10.2. The number of carbonyl (C=O) groups is 1. The second-order valence-corrected chi connectivity index (χ2v) is 5.68. The Morgan fingerprint density at radius 3 is 2.12 bits per heavy atom. The van der Waals surface area contributed by atoms with Crippen LogP contribution in [-0.4, -0.2) is 11.1 Å². The molecule has 0 aromatic heterocycles. The Morgan fingerprint density at radius 2 is 1.44 bits per heavy atom. The molecule has 124 valence electrons. The molecule has 0 aliphatic carbocycles. The van der Waals surface area contributed by atoms with Crippen LogP contribution in [0.3, 0.4) is 0 Å². The van der Waals surface area contributed by atoms with Gasteiger partial charge in [0.1, 0.15) is 17.1 Å². The maximum absolute atomic E-state index is 11.2. The fraction of sp³-hybridized carbons (Fsp3) is 0.0455. The molecule has 0 amide bonds. The first kappa shape index (κ1) is 16.5. The summed E-state index contributed by atoms with van der Waals surface area (Å²) in [5.74, 6) is -0.210. The highest BCUT2D eigenvalue weighted by molar-refractivity contribution is 5.90. The number of carboxylic acids is 1. The van der Waals surface area contributed by atoms with Crippen molar-refractivity contribution < 1.29 is 14.6 Å². The van der Waals surface area contributed by atoms with Crippen molar-refractivity contribution >= 4 is 5.97 Å². The van der Waals surface area contributed by atoms with Gasteiger partial charge in [0.25, 0.3) is 0 Å². The van der Waals surface area contributed by atoms with Gasteiger partial charge in [-0.15, -0.1) is 0 Å². The van der Waals surface area contributed by atoms with E-state index in [9.17, 15) is 9.90 Å². The number of ether oxygens (including phenoxy) is 1. The van der Waals surface area contributed by atoms with Crippen LogP contribution in [0.25, 0.3) is 11.1 Å². The summed E-state index contributed by atoms with van der Waals surface area (Å²) in [7, 11) is 0. The molecule has 3 rings (SSSR count). The van der Waals surface area contributed by atoms with Crippen LogP contribution in [-0.2, 0) is 6.42 Å². The average Bonchev–Trinajstić information content (AvgIpc) is 2.63. The van der Waals surface area contributed by atoms with Crippen LogP contribution in [0.2, 0.25) is 0 Å². The fourth-order valence-electron chi connectivity index (χ4n) is 2.60. The molecule has 3 heteroatoms. The van der Waals surface area contributed by atoms with E-state index in [0.717, 1.165) is 11.1 Å². The Kier molecular flexibility index (Phi) is 4.95. The quantitative estimate of drug-likeness (QED) is 0.633. The van der Waals surface area contributed by atoms with Crippen LogP contribution in [0, 0.1) is 0 Å². The minimum Gasteiger partial charge on any atom is -0.478 e. The Labute approximate surface area is 146 Å². The third kappa shape index (κ3) is 4.15. The van der Waals surface area contributed by atoms with E-state index in [0.29, 0.717) is 17.9 Å². The van der Waals surface area contributed by atoms with Crippen LogP contribution in [0.1, 0.15) is 15.9 Å². The van der Waals surface area contributed by atoms with Gasteiger partial charge in [0.15, 0.2) is 0 Å². The van der Waals surface area contributed by atoms with Gasteiger partial charge >= 0.3 is 5.97 Å². The van der Waals surface area contributed by atoms with Gasteiger partial charge in [0.05, 0.1) is 0 Å². The number of carboxylic acid groups (broad SMARTS) is 1. The van der Waals surface area contributed by atoms with Crippen molar-refractivity contribution in [1.82, 2.24) is 0 Å². The summed E-state index contributed by atoms with van der Waals surface area (Å²) in [5, 5.41) is 9.20. The summed E-state index contributed by atoms with van der Waals surface area (Å²) < 4.78 is 5.65. The molecule has 0 bridgehead atoms. The molecule has 0 saturated heterocycles. The minimum absolute atomic E-state index is 0.128. The number of allylic oxidation sites excluding steroid dienone is 1. The standard InChI is InChI=1S/C22H18O3/c1-16(25-21-10-6-5-9-20(21)22(23)24)15-17-11-13-19(14-12-17)18-7-3-2-4-8-18/h2-14H,1,15H2,(H,23,24). The highest BCUT2D eigenvalue weighted by Gasteiger charge is 2.11. The van der Waals surface area contributed by atoms with Crippen molar-refractivity contribution in [2.45, 2.75) is 6.42 Å². The summed E-state index contributed by atoms with van der Waals surface area (Å²) in [5.41, 5.74) is 3.49. The Balaban J connectivity index is 1.69. The van der Waals surface area contributed by atoms with Crippen molar-refractivity contribution in [2.75, 3.05) is 0 Å². The monoisotopic (exact) mass is 330 g/mol.